The monoisotopic (exact) mass is 375 g/mol. The molecule has 0 radical (unpaired) electrons. The fraction of sp³-hybridized carbons (Fsp3) is 0.600. The van der Waals surface area contributed by atoms with E-state index >= 15 is 0 Å². The molecule has 140 valence electrons. The summed E-state index contributed by atoms with van der Waals surface area (Å²) < 4.78 is 0. The normalized spacial score (nSPS) is 23.2. The average molecular weight is 376 g/mol. The van der Waals surface area contributed by atoms with Crippen LogP contribution in [0.4, 0.5) is 11.4 Å². The number of halogens is 1. The summed E-state index contributed by atoms with van der Waals surface area (Å²) in [6.45, 7) is 2.76. The number of anilines is 2. The lowest BCUT2D eigenvalue weighted by atomic mass is 10.1. The Balaban J connectivity index is 1.42. The minimum Gasteiger partial charge on any atom is -0.370 e. The highest BCUT2D eigenvalue weighted by atomic mass is 35.5. The zero-order chi connectivity index (χ0) is 18.1. The van der Waals surface area contributed by atoms with Crippen molar-refractivity contribution >= 4 is 34.8 Å². The van der Waals surface area contributed by atoms with Gasteiger partial charge in [-0.1, -0.05) is 11.6 Å². The summed E-state index contributed by atoms with van der Waals surface area (Å²) in [5.41, 5.74) is 1.74. The van der Waals surface area contributed by atoms with Crippen LogP contribution in [0, 0.1) is 5.92 Å². The Kier molecular flexibility index (Phi) is 5.07. The Hall–Kier alpha value is -1.75. The molecule has 2 amide bonds. The van der Waals surface area contributed by atoms with Gasteiger partial charge in [0.05, 0.1) is 10.7 Å². The van der Waals surface area contributed by atoms with Gasteiger partial charge in [0.25, 0.3) is 0 Å². The van der Waals surface area contributed by atoms with Crippen molar-refractivity contribution in [2.75, 3.05) is 29.9 Å². The molecule has 4 rings (SSSR count). The minimum absolute atomic E-state index is 0.0988. The Morgan fingerprint density at radius 1 is 1.00 bits per heavy atom. The fourth-order valence-corrected chi connectivity index (χ4v) is 4.37. The molecule has 2 saturated heterocycles. The van der Waals surface area contributed by atoms with E-state index in [1.54, 1.807) is 4.90 Å². The van der Waals surface area contributed by atoms with Crippen molar-refractivity contribution in [3.05, 3.63) is 23.2 Å². The molecule has 1 aromatic rings. The number of carbonyl (C=O) groups is 2. The molecule has 2 heterocycles. The highest BCUT2D eigenvalue weighted by Crippen LogP contribution is 2.34. The number of benzene rings is 1. The van der Waals surface area contributed by atoms with E-state index in [0.717, 1.165) is 44.5 Å². The Morgan fingerprint density at radius 3 is 2.46 bits per heavy atom. The van der Waals surface area contributed by atoms with Crippen molar-refractivity contribution in [2.24, 2.45) is 5.92 Å². The van der Waals surface area contributed by atoms with Gasteiger partial charge in [-0.2, -0.15) is 0 Å². The Bertz CT molecular complexity index is 698. The first-order valence-electron chi connectivity index (χ1n) is 9.79. The van der Waals surface area contributed by atoms with Crippen LogP contribution in [0.1, 0.15) is 44.9 Å². The van der Waals surface area contributed by atoms with Gasteiger partial charge in [0.15, 0.2) is 0 Å². The molecule has 1 unspecified atom stereocenters. The first-order chi connectivity index (χ1) is 12.6. The third-order valence-corrected chi connectivity index (χ3v) is 5.98. The van der Waals surface area contributed by atoms with E-state index in [1.165, 1.54) is 19.3 Å². The molecule has 3 fully saturated rings. The molecule has 6 heteroatoms. The number of nitrogens with one attached hydrogen (secondary N) is 1. The van der Waals surface area contributed by atoms with E-state index in [2.05, 4.69) is 10.2 Å². The quantitative estimate of drug-likeness (QED) is 0.873. The molecule has 1 saturated carbocycles. The molecular formula is C20H26ClN3O2. The highest BCUT2D eigenvalue weighted by Gasteiger charge is 2.40. The number of hydrogen-bond donors (Lipinski definition) is 1. The number of nitrogens with zero attached hydrogens (tertiary/aromatic N) is 2. The van der Waals surface area contributed by atoms with Gasteiger partial charge >= 0.3 is 0 Å². The molecule has 26 heavy (non-hydrogen) atoms. The van der Waals surface area contributed by atoms with Crippen molar-refractivity contribution in [1.82, 2.24) is 4.90 Å². The van der Waals surface area contributed by atoms with Gasteiger partial charge in [-0.15, -0.1) is 0 Å². The predicted molar refractivity (Wildman–Crippen MR) is 104 cm³/mol. The molecule has 0 spiro atoms. The molecule has 1 N–H and O–H groups in total. The lowest BCUT2D eigenvalue weighted by Crippen LogP contribution is -2.43. The molecule has 3 aliphatic rings. The lowest BCUT2D eigenvalue weighted by molar-refractivity contribution is -0.137. The molecule has 0 aromatic heterocycles. The van der Waals surface area contributed by atoms with Crippen LogP contribution >= 0.6 is 11.6 Å². The van der Waals surface area contributed by atoms with Crippen molar-refractivity contribution in [3.63, 3.8) is 0 Å². The molecule has 1 aliphatic carbocycles. The molecule has 2 aliphatic heterocycles. The third kappa shape index (κ3) is 3.68. The van der Waals surface area contributed by atoms with Gasteiger partial charge in [-0.25, -0.2) is 0 Å². The average Bonchev–Trinajstić information content (AvgIpc) is 3.38. The van der Waals surface area contributed by atoms with Crippen LogP contribution in [-0.2, 0) is 9.59 Å². The molecule has 1 aromatic carbocycles. The van der Waals surface area contributed by atoms with Crippen molar-refractivity contribution in [3.8, 4) is 0 Å². The maximum absolute atomic E-state index is 12.7. The molecule has 1 atom stereocenters. The minimum atomic E-state index is -0.344. The first-order valence-corrected chi connectivity index (χ1v) is 10.2. The second kappa shape index (κ2) is 7.47. The van der Waals surface area contributed by atoms with Crippen LogP contribution in [0.3, 0.4) is 0 Å². The van der Waals surface area contributed by atoms with Gasteiger partial charge in [0, 0.05) is 31.2 Å². The van der Waals surface area contributed by atoms with E-state index in [-0.39, 0.29) is 23.8 Å². The summed E-state index contributed by atoms with van der Waals surface area (Å²) in [6, 6.07) is 5.38. The summed E-state index contributed by atoms with van der Waals surface area (Å²) >= 11 is 6.48. The summed E-state index contributed by atoms with van der Waals surface area (Å²) in [5.74, 6) is 0.209. The maximum Gasteiger partial charge on any atom is 0.247 e. The van der Waals surface area contributed by atoms with Gasteiger partial charge in [-0.05, 0) is 63.1 Å². The van der Waals surface area contributed by atoms with Crippen LogP contribution < -0.4 is 10.2 Å². The van der Waals surface area contributed by atoms with Crippen LogP contribution in [0.15, 0.2) is 18.2 Å². The second-order valence-electron chi connectivity index (χ2n) is 7.67. The van der Waals surface area contributed by atoms with Crippen LogP contribution in [-0.4, -0.2) is 42.4 Å². The lowest BCUT2D eigenvalue weighted by Gasteiger charge is -2.30. The summed E-state index contributed by atoms with van der Waals surface area (Å²) in [4.78, 5) is 29.2. The highest BCUT2D eigenvalue weighted by molar-refractivity contribution is 6.33. The number of likely N-dealkylation sites (tertiary alicyclic amines) is 1. The third-order valence-electron chi connectivity index (χ3n) is 5.68. The topological polar surface area (TPSA) is 52.7 Å². The zero-order valence-electron chi connectivity index (χ0n) is 15.0. The maximum atomic E-state index is 12.7. The number of amides is 2. The first kappa shape index (κ1) is 17.7. The van der Waals surface area contributed by atoms with Crippen LogP contribution in [0.5, 0.6) is 0 Å². The van der Waals surface area contributed by atoms with Gasteiger partial charge in [0.1, 0.15) is 6.04 Å². The van der Waals surface area contributed by atoms with Gasteiger partial charge in [0.2, 0.25) is 11.8 Å². The summed E-state index contributed by atoms with van der Waals surface area (Å²) in [7, 11) is 0. The molecule has 5 nitrogen and oxygen atoms in total. The summed E-state index contributed by atoms with van der Waals surface area (Å²) in [6.07, 6.45) is 7.24. The number of rotatable bonds is 4. The van der Waals surface area contributed by atoms with Crippen molar-refractivity contribution < 1.29 is 9.59 Å². The van der Waals surface area contributed by atoms with E-state index < -0.39 is 0 Å². The van der Waals surface area contributed by atoms with Crippen molar-refractivity contribution in [2.45, 2.75) is 51.0 Å². The molecule has 0 bridgehead atoms. The van der Waals surface area contributed by atoms with E-state index in [0.29, 0.717) is 17.3 Å². The zero-order valence-corrected chi connectivity index (χ0v) is 15.8. The Morgan fingerprint density at radius 2 is 1.77 bits per heavy atom. The van der Waals surface area contributed by atoms with E-state index in [9.17, 15) is 9.59 Å². The standard InChI is InChI=1S/C20H26ClN3O2/c21-16-13-15(8-9-17(16)23-10-2-1-3-11-23)22-19(25)18-5-4-12-24(18)20(26)14-6-7-14/h8-9,13-14,18H,1-7,10-12H2,(H,22,25). The molecular weight excluding hydrogens is 350 g/mol. The number of piperidine rings is 1. The van der Waals surface area contributed by atoms with Gasteiger partial charge < -0.3 is 15.1 Å². The largest absolute Gasteiger partial charge is 0.370 e. The fourth-order valence-electron chi connectivity index (χ4n) is 4.07. The number of hydrogen-bond acceptors (Lipinski definition) is 3. The van der Waals surface area contributed by atoms with E-state index in [4.69, 9.17) is 11.6 Å². The summed E-state index contributed by atoms with van der Waals surface area (Å²) in [5, 5.41) is 3.63. The predicted octanol–water partition coefficient (Wildman–Crippen LogP) is 3.67. The second-order valence-corrected chi connectivity index (χ2v) is 8.07. The van der Waals surface area contributed by atoms with Crippen LogP contribution in [0.2, 0.25) is 5.02 Å². The SMILES string of the molecule is O=C(Nc1ccc(N2CCCCC2)c(Cl)c1)C1CCCN1C(=O)C1CC1. The smallest absolute Gasteiger partial charge is 0.247 e. The van der Waals surface area contributed by atoms with Crippen LogP contribution in [0.25, 0.3) is 0 Å². The van der Waals surface area contributed by atoms with E-state index in [1.807, 2.05) is 18.2 Å². The van der Waals surface area contributed by atoms with Crippen molar-refractivity contribution in [1.29, 1.82) is 0 Å². The van der Waals surface area contributed by atoms with Gasteiger partial charge in [-0.3, -0.25) is 9.59 Å². The number of carbonyl (C=O) groups excluding carboxylic acids is 2. The Labute approximate surface area is 159 Å².